The number of carbonyl (C=O) groups is 3. The summed E-state index contributed by atoms with van der Waals surface area (Å²) in [6.45, 7) is 1.12. The van der Waals surface area contributed by atoms with Gasteiger partial charge >= 0.3 is 0 Å². The fourth-order valence-corrected chi connectivity index (χ4v) is 4.83. The van der Waals surface area contributed by atoms with Gasteiger partial charge in [-0.1, -0.05) is 30.6 Å². The van der Waals surface area contributed by atoms with Gasteiger partial charge in [0.1, 0.15) is 11.6 Å². The van der Waals surface area contributed by atoms with Gasteiger partial charge in [0.15, 0.2) is 0 Å². The number of nitrogens with one attached hydrogen (secondary N) is 1. The van der Waals surface area contributed by atoms with Gasteiger partial charge in [-0.3, -0.25) is 19.3 Å². The highest BCUT2D eigenvalue weighted by Crippen LogP contribution is 2.32. The molecular formula is C19H31N5O5S. The van der Waals surface area contributed by atoms with Crippen LogP contribution in [-0.2, 0) is 25.7 Å². The zero-order chi connectivity index (χ0) is 22.1. The molecule has 1 unspecified atom stereocenters. The van der Waals surface area contributed by atoms with Gasteiger partial charge in [0.05, 0.1) is 5.92 Å². The first-order valence-electron chi connectivity index (χ1n) is 10.0. The van der Waals surface area contributed by atoms with Crippen LogP contribution in [0.3, 0.4) is 0 Å². The van der Waals surface area contributed by atoms with Crippen molar-refractivity contribution in [1.29, 1.82) is 0 Å². The molecule has 1 aliphatic carbocycles. The molecule has 1 atom stereocenters. The molecule has 0 bridgehead atoms. The van der Waals surface area contributed by atoms with Crippen molar-refractivity contribution in [3.8, 4) is 0 Å². The predicted octanol–water partition coefficient (Wildman–Crippen LogP) is 1.12. The normalized spacial score (nSPS) is 20.6. The highest BCUT2D eigenvalue weighted by molar-refractivity contribution is 7.15. The molecule has 1 aromatic heterocycles. The number of hydrogen-bond acceptors (Lipinski definition) is 8. The first kappa shape index (κ1) is 24.2. The molecule has 168 valence electrons. The quantitative estimate of drug-likeness (QED) is 0.603. The Morgan fingerprint density at radius 1 is 1.37 bits per heavy atom. The molecule has 0 spiro atoms. The van der Waals surface area contributed by atoms with Crippen LogP contribution in [0.25, 0.3) is 0 Å². The summed E-state index contributed by atoms with van der Waals surface area (Å²) in [6, 6.07) is 0. The van der Waals surface area contributed by atoms with Gasteiger partial charge in [-0.05, 0) is 26.9 Å². The Hall–Kier alpha value is -2.11. The van der Waals surface area contributed by atoms with Gasteiger partial charge in [-0.2, -0.15) is 0 Å². The standard InChI is InChI=1S/C18H29N5O3S.CH2O2/c1-22(2)18(7-5-4-6-8-18)12-19-16(25)13-9-15(24)23(10-13)17-21-20-14(27-17)11-26-3;2-1-3/h13H,4-12H2,1-3H3,(H,19,25);1H,(H,2,3). The lowest BCUT2D eigenvalue weighted by Crippen LogP contribution is -2.54. The van der Waals surface area contributed by atoms with Crippen LogP contribution in [0.15, 0.2) is 0 Å². The van der Waals surface area contributed by atoms with E-state index < -0.39 is 0 Å². The molecule has 3 rings (SSSR count). The van der Waals surface area contributed by atoms with Gasteiger partial charge in [-0.25, -0.2) is 0 Å². The summed E-state index contributed by atoms with van der Waals surface area (Å²) >= 11 is 1.33. The summed E-state index contributed by atoms with van der Waals surface area (Å²) in [5, 5.41) is 19.4. The van der Waals surface area contributed by atoms with E-state index in [2.05, 4.69) is 34.5 Å². The molecule has 11 heteroatoms. The third kappa shape index (κ3) is 5.96. The summed E-state index contributed by atoms with van der Waals surface area (Å²) in [4.78, 5) is 37.3. The molecule has 2 heterocycles. The summed E-state index contributed by atoms with van der Waals surface area (Å²) in [7, 11) is 5.77. The Kier molecular flexibility index (Phi) is 9.12. The van der Waals surface area contributed by atoms with E-state index >= 15 is 0 Å². The number of likely N-dealkylation sites (N-methyl/N-ethyl adjacent to an activating group) is 1. The molecule has 30 heavy (non-hydrogen) atoms. The van der Waals surface area contributed by atoms with E-state index in [0.717, 1.165) is 17.8 Å². The SMILES string of the molecule is COCc1nnc(N2CC(C(=O)NCC3(N(C)C)CCCCC3)CC2=O)s1.O=CO. The Labute approximate surface area is 180 Å². The van der Waals surface area contributed by atoms with Crippen LogP contribution < -0.4 is 10.2 Å². The maximum atomic E-state index is 12.7. The monoisotopic (exact) mass is 441 g/mol. The van der Waals surface area contributed by atoms with E-state index in [0.29, 0.717) is 24.8 Å². The zero-order valence-corrected chi connectivity index (χ0v) is 18.6. The number of carbonyl (C=O) groups excluding carboxylic acids is 2. The smallest absolute Gasteiger partial charge is 0.290 e. The molecule has 1 aliphatic heterocycles. The summed E-state index contributed by atoms with van der Waals surface area (Å²) in [5.74, 6) is -0.454. The summed E-state index contributed by atoms with van der Waals surface area (Å²) in [6.07, 6.45) is 6.09. The number of aromatic nitrogens is 2. The van der Waals surface area contributed by atoms with E-state index in [-0.39, 0.29) is 36.2 Å². The van der Waals surface area contributed by atoms with Crippen LogP contribution >= 0.6 is 11.3 Å². The van der Waals surface area contributed by atoms with Crippen molar-refractivity contribution >= 4 is 34.8 Å². The lowest BCUT2D eigenvalue weighted by atomic mass is 9.80. The van der Waals surface area contributed by atoms with Crippen LogP contribution in [-0.4, -0.2) is 78.3 Å². The third-order valence-corrected chi connectivity index (χ3v) is 6.70. The molecule has 1 saturated carbocycles. The minimum atomic E-state index is -0.338. The van der Waals surface area contributed by atoms with Crippen molar-refractivity contribution < 1.29 is 24.2 Å². The van der Waals surface area contributed by atoms with Gasteiger partial charge in [0, 0.05) is 32.2 Å². The second-order valence-corrected chi connectivity index (χ2v) is 8.86. The minimum absolute atomic E-state index is 0.0322. The summed E-state index contributed by atoms with van der Waals surface area (Å²) < 4.78 is 5.04. The van der Waals surface area contributed by atoms with Crippen molar-refractivity contribution in [2.75, 3.05) is 39.2 Å². The van der Waals surface area contributed by atoms with Gasteiger partial charge < -0.3 is 20.1 Å². The average Bonchev–Trinajstić information content (AvgIpc) is 3.34. The highest BCUT2D eigenvalue weighted by atomic mass is 32.1. The van der Waals surface area contributed by atoms with Crippen LogP contribution in [0.4, 0.5) is 5.13 Å². The second-order valence-electron chi connectivity index (χ2n) is 7.82. The molecule has 2 amide bonds. The molecule has 10 nitrogen and oxygen atoms in total. The molecule has 0 radical (unpaired) electrons. The summed E-state index contributed by atoms with van der Waals surface area (Å²) in [5.41, 5.74) is 0.0322. The fourth-order valence-electron chi connectivity index (χ4n) is 3.99. The molecule has 1 saturated heterocycles. The first-order chi connectivity index (χ1) is 14.4. The number of carboxylic acid groups (broad SMARTS) is 1. The third-order valence-electron chi connectivity index (χ3n) is 5.78. The van der Waals surface area contributed by atoms with E-state index in [1.807, 2.05) is 0 Å². The van der Waals surface area contributed by atoms with Crippen LogP contribution in [0.1, 0.15) is 43.5 Å². The van der Waals surface area contributed by atoms with E-state index in [1.165, 1.54) is 30.6 Å². The predicted molar refractivity (Wildman–Crippen MR) is 112 cm³/mol. The number of hydrogen-bond donors (Lipinski definition) is 2. The Morgan fingerprint density at radius 3 is 2.63 bits per heavy atom. The molecular weight excluding hydrogens is 410 g/mol. The first-order valence-corrected chi connectivity index (χ1v) is 10.8. The van der Waals surface area contributed by atoms with E-state index in [9.17, 15) is 9.59 Å². The van der Waals surface area contributed by atoms with Crippen molar-refractivity contribution in [3.63, 3.8) is 0 Å². The zero-order valence-electron chi connectivity index (χ0n) is 17.8. The number of anilines is 1. The maximum Gasteiger partial charge on any atom is 0.290 e. The number of rotatable bonds is 7. The van der Waals surface area contributed by atoms with Crippen molar-refractivity contribution in [1.82, 2.24) is 20.4 Å². The highest BCUT2D eigenvalue weighted by Gasteiger charge is 2.39. The molecule has 2 N–H and O–H groups in total. The van der Waals surface area contributed by atoms with Gasteiger partial charge in [0.25, 0.3) is 6.47 Å². The fraction of sp³-hybridized carbons (Fsp3) is 0.737. The Morgan fingerprint density at radius 2 is 2.03 bits per heavy atom. The van der Waals surface area contributed by atoms with Crippen LogP contribution in [0.2, 0.25) is 0 Å². The Balaban J connectivity index is 0.00000101. The second kappa shape index (κ2) is 11.3. The van der Waals surface area contributed by atoms with Crippen molar-refractivity contribution in [3.05, 3.63) is 5.01 Å². The number of amides is 2. The van der Waals surface area contributed by atoms with Gasteiger partial charge in [0.2, 0.25) is 16.9 Å². The van der Waals surface area contributed by atoms with Crippen molar-refractivity contribution in [2.24, 2.45) is 5.92 Å². The number of nitrogens with zero attached hydrogens (tertiary/aromatic N) is 4. The number of methoxy groups -OCH3 is 1. The topological polar surface area (TPSA) is 125 Å². The molecule has 0 aromatic carbocycles. The lowest BCUT2D eigenvalue weighted by molar-refractivity contribution is -0.127. The van der Waals surface area contributed by atoms with E-state index in [1.54, 1.807) is 12.0 Å². The minimum Gasteiger partial charge on any atom is -0.483 e. The molecule has 1 aromatic rings. The van der Waals surface area contributed by atoms with Crippen LogP contribution in [0.5, 0.6) is 0 Å². The Bertz CT molecular complexity index is 720. The molecule has 2 fully saturated rings. The van der Waals surface area contributed by atoms with Gasteiger partial charge in [-0.15, -0.1) is 10.2 Å². The average molecular weight is 442 g/mol. The largest absolute Gasteiger partial charge is 0.483 e. The number of ether oxygens (including phenoxy) is 1. The maximum absolute atomic E-state index is 12.7. The van der Waals surface area contributed by atoms with E-state index in [4.69, 9.17) is 14.6 Å². The lowest BCUT2D eigenvalue weighted by Gasteiger charge is -2.43. The van der Waals surface area contributed by atoms with Crippen LogP contribution in [0, 0.1) is 5.92 Å². The van der Waals surface area contributed by atoms with Crippen molar-refractivity contribution in [2.45, 2.75) is 50.7 Å². The molecule has 2 aliphatic rings.